The average molecular weight is 248 g/mol. The number of piperidine rings is 1. The van der Waals surface area contributed by atoms with Crippen LogP contribution in [-0.2, 0) is 6.54 Å². The Hall–Kier alpha value is -1.16. The molecule has 0 atom stereocenters. The third-order valence-electron chi connectivity index (χ3n) is 3.53. The van der Waals surface area contributed by atoms with Crippen molar-refractivity contribution in [3.05, 3.63) is 18.1 Å². The summed E-state index contributed by atoms with van der Waals surface area (Å²) in [6.07, 6.45) is 6.15. The lowest BCUT2D eigenvalue weighted by Gasteiger charge is -2.39. The molecular formula is C14H24N4. The number of rotatable bonds is 4. The molecule has 2 heterocycles. The van der Waals surface area contributed by atoms with E-state index < -0.39 is 0 Å². The highest BCUT2D eigenvalue weighted by Gasteiger charge is 2.28. The SMILES string of the molecule is CCNCc1cncnc1N1CCCC(C)(C)C1. The molecule has 100 valence electrons. The molecule has 1 aliphatic heterocycles. The van der Waals surface area contributed by atoms with E-state index in [0.717, 1.165) is 32.0 Å². The zero-order valence-corrected chi connectivity index (χ0v) is 11.7. The summed E-state index contributed by atoms with van der Waals surface area (Å²) in [6, 6.07) is 0. The molecule has 1 aliphatic rings. The highest BCUT2D eigenvalue weighted by molar-refractivity contribution is 5.46. The van der Waals surface area contributed by atoms with E-state index in [9.17, 15) is 0 Å². The molecule has 1 aromatic heterocycles. The first-order chi connectivity index (χ1) is 8.62. The Kier molecular flexibility index (Phi) is 4.17. The van der Waals surface area contributed by atoms with Crippen molar-refractivity contribution in [3.63, 3.8) is 0 Å². The zero-order valence-electron chi connectivity index (χ0n) is 11.7. The molecule has 0 aliphatic carbocycles. The van der Waals surface area contributed by atoms with Crippen LogP contribution in [0.3, 0.4) is 0 Å². The van der Waals surface area contributed by atoms with Gasteiger partial charge in [-0.25, -0.2) is 9.97 Å². The van der Waals surface area contributed by atoms with Gasteiger partial charge >= 0.3 is 0 Å². The molecule has 1 saturated heterocycles. The summed E-state index contributed by atoms with van der Waals surface area (Å²) in [6.45, 7) is 10.8. The summed E-state index contributed by atoms with van der Waals surface area (Å²) in [5.74, 6) is 1.11. The lowest BCUT2D eigenvalue weighted by atomic mass is 9.84. The molecule has 4 nitrogen and oxygen atoms in total. The Morgan fingerprint density at radius 3 is 3.00 bits per heavy atom. The molecule has 0 saturated carbocycles. The van der Waals surface area contributed by atoms with E-state index in [0.29, 0.717) is 5.41 Å². The number of nitrogens with one attached hydrogen (secondary N) is 1. The number of hydrogen-bond donors (Lipinski definition) is 1. The quantitative estimate of drug-likeness (QED) is 0.887. The first-order valence-corrected chi connectivity index (χ1v) is 6.87. The van der Waals surface area contributed by atoms with Crippen LogP contribution in [0.2, 0.25) is 0 Å². The van der Waals surface area contributed by atoms with Crippen molar-refractivity contribution in [2.75, 3.05) is 24.5 Å². The molecule has 0 bridgehead atoms. The van der Waals surface area contributed by atoms with Crippen molar-refractivity contribution in [2.45, 2.75) is 40.2 Å². The van der Waals surface area contributed by atoms with Crippen molar-refractivity contribution < 1.29 is 0 Å². The molecule has 1 N–H and O–H groups in total. The molecule has 1 aromatic rings. The maximum absolute atomic E-state index is 4.50. The van der Waals surface area contributed by atoms with E-state index in [2.05, 4.69) is 41.0 Å². The van der Waals surface area contributed by atoms with Crippen LogP contribution in [-0.4, -0.2) is 29.6 Å². The highest BCUT2D eigenvalue weighted by Crippen LogP contribution is 2.31. The Morgan fingerprint density at radius 2 is 2.28 bits per heavy atom. The summed E-state index contributed by atoms with van der Waals surface area (Å²) in [7, 11) is 0. The van der Waals surface area contributed by atoms with Gasteiger partial charge < -0.3 is 10.2 Å². The predicted molar refractivity (Wildman–Crippen MR) is 74.6 cm³/mol. The summed E-state index contributed by atoms with van der Waals surface area (Å²) in [5.41, 5.74) is 1.59. The number of anilines is 1. The maximum atomic E-state index is 4.50. The average Bonchev–Trinajstić information content (AvgIpc) is 2.35. The van der Waals surface area contributed by atoms with Crippen molar-refractivity contribution in [1.29, 1.82) is 0 Å². The number of hydrogen-bond acceptors (Lipinski definition) is 4. The lowest BCUT2D eigenvalue weighted by molar-refractivity contribution is 0.291. The van der Waals surface area contributed by atoms with Gasteiger partial charge in [-0.05, 0) is 24.8 Å². The number of aromatic nitrogens is 2. The minimum Gasteiger partial charge on any atom is -0.356 e. The largest absolute Gasteiger partial charge is 0.356 e. The van der Waals surface area contributed by atoms with Gasteiger partial charge in [0.2, 0.25) is 0 Å². The summed E-state index contributed by atoms with van der Waals surface area (Å²) in [5, 5.41) is 3.36. The molecule has 0 spiro atoms. The van der Waals surface area contributed by atoms with Gasteiger partial charge in [0.05, 0.1) is 0 Å². The van der Waals surface area contributed by atoms with Crippen LogP contribution in [0.25, 0.3) is 0 Å². The normalized spacial score (nSPS) is 18.9. The molecule has 0 amide bonds. The summed E-state index contributed by atoms with van der Waals surface area (Å²) in [4.78, 5) is 11.1. The minimum atomic E-state index is 0.388. The molecule has 0 aromatic carbocycles. The van der Waals surface area contributed by atoms with Crippen LogP contribution in [0, 0.1) is 5.41 Å². The van der Waals surface area contributed by atoms with E-state index in [-0.39, 0.29) is 0 Å². The first kappa shape index (κ1) is 13.3. The van der Waals surface area contributed by atoms with Crippen LogP contribution >= 0.6 is 0 Å². The van der Waals surface area contributed by atoms with Crippen LogP contribution in [0.1, 0.15) is 39.2 Å². The summed E-state index contributed by atoms with van der Waals surface area (Å²) < 4.78 is 0. The van der Waals surface area contributed by atoms with Crippen molar-refractivity contribution in [1.82, 2.24) is 15.3 Å². The second-order valence-corrected chi connectivity index (χ2v) is 5.84. The summed E-state index contributed by atoms with van der Waals surface area (Å²) >= 11 is 0. The van der Waals surface area contributed by atoms with Crippen molar-refractivity contribution in [3.8, 4) is 0 Å². The second-order valence-electron chi connectivity index (χ2n) is 5.84. The molecule has 2 rings (SSSR count). The van der Waals surface area contributed by atoms with E-state index in [1.165, 1.54) is 18.4 Å². The molecule has 1 fully saturated rings. The van der Waals surface area contributed by atoms with Crippen LogP contribution in [0.5, 0.6) is 0 Å². The molecular weight excluding hydrogens is 224 g/mol. The smallest absolute Gasteiger partial charge is 0.136 e. The Balaban J connectivity index is 2.16. The third kappa shape index (κ3) is 3.19. The topological polar surface area (TPSA) is 41.1 Å². The fourth-order valence-corrected chi connectivity index (χ4v) is 2.63. The van der Waals surface area contributed by atoms with Gasteiger partial charge in [0.1, 0.15) is 12.1 Å². The van der Waals surface area contributed by atoms with Gasteiger partial charge in [0.25, 0.3) is 0 Å². The first-order valence-electron chi connectivity index (χ1n) is 6.87. The van der Waals surface area contributed by atoms with E-state index in [1.54, 1.807) is 6.33 Å². The van der Waals surface area contributed by atoms with Crippen molar-refractivity contribution >= 4 is 5.82 Å². The van der Waals surface area contributed by atoms with Gasteiger partial charge in [0.15, 0.2) is 0 Å². The lowest BCUT2D eigenvalue weighted by Crippen LogP contribution is -2.41. The molecule has 18 heavy (non-hydrogen) atoms. The van der Waals surface area contributed by atoms with Crippen LogP contribution < -0.4 is 10.2 Å². The van der Waals surface area contributed by atoms with Gasteiger partial charge in [-0.1, -0.05) is 20.8 Å². The van der Waals surface area contributed by atoms with Crippen LogP contribution in [0.4, 0.5) is 5.82 Å². The maximum Gasteiger partial charge on any atom is 0.136 e. The fraction of sp³-hybridized carbons (Fsp3) is 0.714. The fourth-order valence-electron chi connectivity index (χ4n) is 2.63. The zero-order chi connectivity index (χ0) is 13.0. The Labute approximate surface area is 110 Å². The van der Waals surface area contributed by atoms with Gasteiger partial charge in [0, 0.05) is 31.4 Å². The highest BCUT2D eigenvalue weighted by atomic mass is 15.2. The third-order valence-corrected chi connectivity index (χ3v) is 3.53. The monoisotopic (exact) mass is 248 g/mol. The van der Waals surface area contributed by atoms with Gasteiger partial charge in [-0.2, -0.15) is 0 Å². The Bertz CT molecular complexity index is 389. The van der Waals surface area contributed by atoms with Crippen molar-refractivity contribution in [2.24, 2.45) is 5.41 Å². The molecule has 4 heteroatoms. The van der Waals surface area contributed by atoms with E-state index in [1.807, 2.05) is 6.20 Å². The number of nitrogens with zero attached hydrogens (tertiary/aromatic N) is 3. The van der Waals surface area contributed by atoms with E-state index >= 15 is 0 Å². The van der Waals surface area contributed by atoms with Crippen LogP contribution in [0.15, 0.2) is 12.5 Å². The Morgan fingerprint density at radius 1 is 1.44 bits per heavy atom. The predicted octanol–water partition coefficient (Wildman–Crippen LogP) is 2.21. The second kappa shape index (κ2) is 5.65. The minimum absolute atomic E-state index is 0.388. The van der Waals surface area contributed by atoms with E-state index in [4.69, 9.17) is 0 Å². The van der Waals surface area contributed by atoms with Gasteiger partial charge in [-0.3, -0.25) is 0 Å². The molecule has 0 radical (unpaired) electrons. The van der Waals surface area contributed by atoms with Gasteiger partial charge in [-0.15, -0.1) is 0 Å². The standard InChI is InChI=1S/C14H24N4/c1-4-15-8-12-9-16-11-17-13(12)18-7-5-6-14(2,3)10-18/h9,11,15H,4-8,10H2,1-3H3. The molecule has 0 unspecified atom stereocenters.